The van der Waals surface area contributed by atoms with Crippen molar-refractivity contribution in [1.82, 2.24) is 10.2 Å². The quantitative estimate of drug-likeness (QED) is 0.787. The summed E-state index contributed by atoms with van der Waals surface area (Å²) >= 11 is 6.29. The standard InChI is InChI=1S/C19H25ClN2O2/c1-22(2)13-17(15-8-6-5-7-9-15)21-12-14-10-16(20)19(24-4)18(11-14)23-3/h5-11,17,21H,12-13H2,1-4H3. The van der Waals surface area contributed by atoms with Gasteiger partial charge in [-0.2, -0.15) is 0 Å². The molecule has 0 fully saturated rings. The van der Waals surface area contributed by atoms with Gasteiger partial charge in [0.1, 0.15) is 0 Å². The third kappa shape index (κ3) is 4.87. The summed E-state index contributed by atoms with van der Waals surface area (Å²) in [6.07, 6.45) is 0. The lowest BCUT2D eigenvalue weighted by Crippen LogP contribution is -2.30. The molecule has 0 bridgehead atoms. The third-order valence-electron chi connectivity index (χ3n) is 3.80. The molecule has 0 aliphatic heterocycles. The van der Waals surface area contributed by atoms with Gasteiger partial charge < -0.3 is 19.7 Å². The predicted octanol–water partition coefficient (Wildman–Crippen LogP) is 3.75. The van der Waals surface area contributed by atoms with Crippen LogP contribution in [-0.4, -0.2) is 39.8 Å². The number of rotatable bonds is 8. The molecule has 0 aliphatic rings. The van der Waals surface area contributed by atoms with Crippen molar-refractivity contribution in [3.8, 4) is 11.5 Å². The van der Waals surface area contributed by atoms with Crippen molar-refractivity contribution in [3.05, 3.63) is 58.6 Å². The summed E-state index contributed by atoms with van der Waals surface area (Å²) in [7, 11) is 7.35. The fourth-order valence-electron chi connectivity index (χ4n) is 2.65. The maximum absolute atomic E-state index is 6.29. The number of hydrogen-bond acceptors (Lipinski definition) is 4. The van der Waals surface area contributed by atoms with Crippen LogP contribution in [0.5, 0.6) is 11.5 Å². The summed E-state index contributed by atoms with van der Waals surface area (Å²) in [6.45, 7) is 1.60. The Balaban J connectivity index is 2.16. The Bertz CT molecular complexity index is 647. The second-order valence-corrected chi connectivity index (χ2v) is 6.33. The molecule has 1 N–H and O–H groups in total. The number of likely N-dealkylation sites (N-methyl/N-ethyl adjacent to an activating group) is 1. The smallest absolute Gasteiger partial charge is 0.179 e. The van der Waals surface area contributed by atoms with E-state index in [2.05, 4.69) is 48.6 Å². The van der Waals surface area contributed by atoms with Gasteiger partial charge in [0.05, 0.1) is 19.2 Å². The van der Waals surface area contributed by atoms with E-state index in [-0.39, 0.29) is 6.04 Å². The van der Waals surface area contributed by atoms with Gasteiger partial charge in [-0.3, -0.25) is 0 Å². The molecule has 0 saturated carbocycles. The molecule has 0 spiro atoms. The van der Waals surface area contributed by atoms with Gasteiger partial charge in [-0.05, 0) is 37.4 Å². The number of nitrogens with one attached hydrogen (secondary N) is 1. The van der Waals surface area contributed by atoms with Crippen LogP contribution in [0.25, 0.3) is 0 Å². The van der Waals surface area contributed by atoms with E-state index in [1.165, 1.54) is 5.56 Å². The number of benzene rings is 2. The minimum Gasteiger partial charge on any atom is -0.493 e. The number of methoxy groups -OCH3 is 2. The molecule has 130 valence electrons. The van der Waals surface area contributed by atoms with Gasteiger partial charge in [0.25, 0.3) is 0 Å². The molecule has 0 amide bonds. The molecule has 1 atom stereocenters. The molecule has 0 heterocycles. The Morgan fingerprint density at radius 3 is 2.38 bits per heavy atom. The third-order valence-corrected chi connectivity index (χ3v) is 4.08. The zero-order valence-corrected chi connectivity index (χ0v) is 15.4. The topological polar surface area (TPSA) is 33.7 Å². The highest BCUT2D eigenvalue weighted by Crippen LogP contribution is 2.36. The molecule has 24 heavy (non-hydrogen) atoms. The van der Waals surface area contributed by atoms with Crippen molar-refractivity contribution in [3.63, 3.8) is 0 Å². The monoisotopic (exact) mass is 348 g/mol. The van der Waals surface area contributed by atoms with Crippen LogP contribution in [0.2, 0.25) is 5.02 Å². The second kappa shape index (κ2) is 8.92. The van der Waals surface area contributed by atoms with Gasteiger partial charge in [0, 0.05) is 19.1 Å². The largest absolute Gasteiger partial charge is 0.493 e. The van der Waals surface area contributed by atoms with Crippen LogP contribution in [-0.2, 0) is 6.54 Å². The fraction of sp³-hybridized carbons (Fsp3) is 0.368. The lowest BCUT2D eigenvalue weighted by molar-refractivity contribution is 0.339. The molecule has 2 aromatic carbocycles. The maximum Gasteiger partial charge on any atom is 0.179 e. The highest BCUT2D eigenvalue weighted by Gasteiger charge is 2.14. The summed E-state index contributed by atoms with van der Waals surface area (Å²) in [4.78, 5) is 2.17. The Kier molecular flexibility index (Phi) is 6.91. The summed E-state index contributed by atoms with van der Waals surface area (Å²) in [5.41, 5.74) is 2.31. The Morgan fingerprint density at radius 1 is 1.08 bits per heavy atom. The molecule has 0 radical (unpaired) electrons. The van der Waals surface area contributed by atoms with Crippen molar-refractivity contribution in [2.24, 2.45) is 0 Å². The summed E-state index contributed by atoms with van der Waals surface area (Å²) in [5, 5.41) is 4.16. The van der Waals surface area contributed by atoms with Crippen molar-refractivity contribution < 1.29 is 9.47 Å². The minimum absolute atomic E-state index is 0.230. The average Bonchev–Trinajstić information content (AvgIpc) is 2.58. The molecule has 2 aromatic rings. The van der Waals surface area contributed by atoms with Crippen LogP contribution < -0.4 is 14.8 Å². The Hall–Kier alpha value is -1.75. The fourth-order valence-corrected chi connectivity index (χ4v) is 2.96. The van der Waals surface area contributed by atoms with Gasteiger partial charge in [0.15, 0.2) is 11.5 Å². The van der Waals surface area contributed by atoms with E-state index in [4.69, 9.17) is 21.1 Å². The van der Waals surface area contributed by atoms with Crippen LogP contribution in [0.1, 0.15) is 17.2 Å². The molecule has 0 saturated heterocycles. The molecule has 0 aliphatic carbocycles. The zero-order valence-electron chi connectivity index (χ0n) is 14.7. The highest BCUT2D eigenvalue weighted by atomic mass is 35.5. The van der Waals surface area contributed by atoms with Crippen LogP contribution in [0.4, 0.5) is 0 Å². The highest BCUT2D eigenvalue weighted by molar-refractivity contribution is 6.32. The van der Waals surface area contributed by atoms with E-state index < -0.39 is 0 Å². The second-order valence-electron chi connectivity index (χ2n) is 5.92. The van der Waals surface area contributed by atoms with Gasteiger partial charge in [0.2, 0.25) is 0 Å². The van der Waals surface area contributed by atoms with Crippen LogP contribution >= 0.6 is 11.6 Å². The van der Waals surface area contributed by atoms with E-state index in [9.17, 15) is 0 Å². The first-order valence-corrected chi connectivity index (χ1v) is 8.26. The molecular formula is C19H25ClN2O2. The number of ether oxygens (including phenoxy) is 2. The van der Waals surface area contributed by atoms with Gasteiger partial charge in [-0.1, -0.05) is 41.9 Å². The van der Waals surface area contributed by atoms with Crippen LogP contribution in [0.3, 0.4) is 0 Å². The number of halogens is 1. The van der Waals surface area contributed by atoms with Crippen molar-refractivity contribution in [2.45, 2.75) is 12.6 Å². The molecule has 0 aromatic heterocycles. The van der Waals surface area contributed by atoms with Gasteiger partial charge in [-0.25, -0.2) is 0 Å². The minimum atomic E-state index is 0.230. The van der Waals surface area contributed by atoms with E-state index >= 15 is 0 Å². The Labute approximate surface area is 149 Å². The van der Waals surface area contributed by atoms with Crippen LogP contribution in [0.15, 0.2) is 42.5 Å². The first-order chi connectivity index (χ1) is 11.5. The SMILES string of the molecule is COc1cc(CNC(CN(C)C)c2ccccc2)cc(Cl)c1OC. The Morgan fingerprint density at radius 2 is 1.79 bits per heavy atom. The summed E-state index contributed by atoms with van der Waals surface area (Å²) in [6, 6.07) is 14.5. The van der Waals surface area contributed by atoms with Crippen molar-refractivity contribution in [2.75, 3.05) is 34.9 Å². The first-order valence-electron chi connectivity index (χ1n) is 7.88. The summed E-state index contributed by atoms with van der Waals surface area (Å²) < 4.78 is 10.7. The molecule has 2 rings (SSSR count). The van der Waals surface area contributed by atoms with Crippen molar-refractivity contribution >= 4 is 11.6 Å². The average molecular weight is 349 g/mol. The number of hydrogen-bond donors (Lipinski definition) is 1. The van der Waals surface area contributed by atoms with Gasteiger partial charge >= 0.3 is 0 Å². The van der Waals surface area contributed by atoms with Crippen LogP contribution in [0, 0.1) is 0 Å². The van der Waals surface area contributed by atoms with Crippen molar-refractivity contribution in [1.29, 1.82) is 0 Å². The molecule has 5 heteroatoms. The van der Waals surface area contributed by atoms with E-state index in [1.807, 2.05) is 18.2 Å². The van der Waals surface area contributed by atoms with Gasteiger partial charge in [-0.15, -0.1) is 0 Å². The normalized spacial score (nSPS) is 12.2. The lowest BCUT2D eigenvalue weighted by Gasteiger charge is -2.23. The predicted molar refractivity (Wildman–Crippen MR) is 99.1 cm³/mol. The molecular weight excluding hydrogens is 324 g/mol. The lowest BCUT2D eigenvalue weighted by atomic mass is 10.1. The zero-order chi connectivity index (χ0) is 17.5. The maximum atomic E-state index is 6.29. The molecule has 4 nitrogen and oxygen atoms in total. The van der Waals surface area contributed by atoms with E-state index in [1.54, 1.807) is 14.2 Å². The number of nitrogens with zero attached hydrogens (tertiary/aromatic N) is 1. The van der Waals surface area contributed by atoms with E-state index in [0.29, 0.717) is 23.1 Å². The first kappa shape index (κ1) is 18.6. The van der Waals surface area contributed by atoms with E-state index in [0.717, 1.165) is 12.1 Å². The molecule has 1 unspecified atom stereocenters. The summed E-state index contributed by atoms with van der Waals surface area (Å²) in [5.74, 6) is 1.21.